The van der Waals surface area contributed by atoms with E-state index >= 15 is 0 Å². The van der Waals surface area contributed by atoms with Crippen molar-refractivity contribution in [2.24, 2.45) is 0 Å². The summed E-state index contributed by atoms with van der Waals surface area (Å²) < 4.78 is 10.2. The molecule has 0 aromatic carbocycles. The van der Waals surface area contributed by atoms with E-state index in [-0.39, 0.29) is 5.92 Å². The predicted molar refractivity (Wildman–Crippen MR) is 69.6 cm³/mol. The van der Waals surface area contributed by atoms with Gasteiger partial charge in [-0.3, -0.25) is 0 Å². The fourth-order valence-corrected chi connectivity index (χ4v) is 2.47. The molecule has 0 aliphatic heterocycles. The molecule has 102 valence electrons. The first-order valence-corrected chi connectivity index (χ1v) is 6.67. The Labute approximate surface area is 111 Å². The van der Waals surface area contributed by atoms with Crippen LogP contribution in [0.1, 0.15) is 40.1 Å². The SMILES string of the molecule is COCCOCCc1nc(C(C)C)c(C(=O)O)s1. The maximum atomic E-state index is 11.1. The van der Waals surface area contributed by atoms with Crippen molar-refractivity contribution in [2.45, 2.75) is 26.2 Å². The number of rotatable bonds is 8. The summed E-state index contributed by atoms with van der Waals surface area (Å²) in [6.07, 6.45) is 0.640. The van der Waals surface area contributed by atoms with Gasteiger partial charge >= 0.3 is 5.97 Å². The van der Waals surface area contributed by atoms with Crippen LogP contribution in [0.5, 0.6) is 0 Å². The number of carboxylic acids is 1. The second-order valence-electron chi connectivity index (χ2n) is 4.14. The lowest BCUT2D eigenvalue weighted by Crippen LogP contribution is -2.05. The fraction of sp³-hybridized carbons (Fsp3) is 0.667. The van der Waals surface area contributed by atoms with Crippen LogP contribution in [-0.2, 0) is 15.9 Å². The van der Waals surface area contributed by atoms with Gasteiger partial charge in [-0.2, -0.15) is 0 Å². The second kappa shape index (κ2) is 7.45. The molecule has 1 aromatic heterocycles. The number of carboxylic acid groups (broad SMARTS) is 1. The Morgan fingerprint density at radius 2 is 2.11 bits per heavy atom. The Hall–Kier alpha value is -0.980. The molecule has 0 aliphatic rings. The molecule has 1 N–H and O–H groups in total. The molecule has 1 heterocycles. The summed E-state index contributed by atoms with van der Waals surface area (Å²) in [5.74, 6) is -0.779. The largest absolute Gasteiger partial charge is 0.477 e. The highest BCUT2D eigenvalue weighted by atomic mass is 32.1. The maximum absolute atomic E-state index is 11.1. The van der Waals surface area contributed by atoms with Crippen molar-refractivity contribution in [2.75, 3.05) is 26.9 Å². The molecule has 0 unspecified atom stereocenters. The lowest BCUT2D eigenvalue weighted by atomic mass is 10.1. The number of ether oxygens (including phenoxy) is 2. The molecular formula is C12H19NO4S. The number of carbonyl (C=O) groups is 1. The zero-order chi connectivity index (χ0) is 13.5. The second-order valence-corrected chi connectivity index (χ2v) is 5.22. The van der Waals surface area contributed by atoms with E-state index in [1.54, 1.807) is 7.11 Å². The molecule has 0 amide bonds. The van der Waals surface area contributed by atoms with Crippen molar-refractivity contribution in [1.29, 1.82) is 0 Å². The van der Waals surface area contributed by atoms with Gasteiger partial charge in [0.05, 0.1) is 30.5 Å². The lowest BCUT2D eigenvalue weighted by molar-refractivity contribution is 0.0700. The van der Waals surface area contributed by atoms with Crippen LogP contribution in [0, 0.1) is 0 Å². The number of aromatic nitrogens is 1. The average molecular weight is 273 g/mol. The molecule has 18 heavy (non-hydrogen) atoms. The van der Waals surface area contributed by atoms with Crippen molar-refractivity contribution in [3.63, 3.8) is 0 Å². The van der Waals surface area contributed by atoms with Crippen LogP contribution >= 0.6 is 11.3 Å². The number of methoxy groups -OCH3 is 1. The Balaban J connectivity index is 2.56. The minimum Gasteiger partial charge on any atom is -0.477 e. The summed E-state index contributed by atoms with van der Waals surface area (Å²) in [5, 5.41) is 9.91. The number of nitrogens with zero attached hydrogens (tertiary/aromatic N) is 1. The van der Waals surface area contributed by atoms with Gasteiger partial charge in [0, 0.05) is 13.5 Å². The van der Waals surface area contributed by atoms with E-state index in [1.165, 1.54) is 11.3 Å². The normalized spacial score (nSPS) is 11.1. The molecule has 0 bridgehead atoms. The first-order chi connectivity index (χ1) is 8.56. The summed E-state index contributed by atoms with van der Waals surface area (Å²) in [6.45, 7) is 5.54. The van der Waals surface area contributed by atoms with Crippen LogP contribution in [-0.4, -0.2) is 43.0 Å². The lowest BCUT2D eigenvalue weighted by Gasteiger charge is -2.01. The summed E-state index contributed by atoms with van der Waals surface area (Å²) in [5.41, 5.74) is 0.666. The molecule has 5 nitrogen and oxygen atoms in total. The van der Waals surface area contributed by atoms with Crippen molar-refractivity contribution >= 4 is 17.3 Å². The molecular weight excluding hydrogens is 254 g/mol. The minimum absolute atomic E-state index is 0.121. The zero-order valence-electron chi connectivity index (χ0n) is 10.9. The van der Waals surface area contributed by atoms with Gasteiger partial charge in [0.15, 0.2) is 0 Å². The number of hydrogen-bond donors (Lipinski definition) is 1. The van der Waals surface area contributed by atoms with Crippen LogP contribution in [0.2, 0.25) is 0 Å². The summed E-state index contributed by atoms with van der Waals surface area (Å²) in [4.78, 5) is 15.8. The minimum atomic E-state index is -0.900. The van der Waals surface area contributed by atoms with E-state index in [4.69, 9.17) is 14.6 Å². The van der Waals surface area contributed by atoms with Gasteiger partial charge in [-0.25, -0.2) is 9.78 Å². The molecule has 0 atom stereocenters. The van der Waals surface area contributed by atoms with Gasteiger partial charge in [-0.1, -0.05) is 13.8 Å². The summed E-state index contributed by atoms with van der Waals surface area (Å²) >= 11 is 1.24. The van der Waals surface area contributed by atoms with Crippen LogP contribution in [0.4, 0.5) is 0 Å². The molecule has 0 saturated heterocycles. The molecule has 0 radical (unpaired) electrons. The Morgan fingerprint density at radius 3 is 2.61 bits per heavy atom. The Morgan fingerprint density at radius 1 is 1.39 bits per heavy atom. The van der Waals surface area contributed by atoms with E-state index in [0.717, 1.165) is 5.01 Å². The summed E-state index contributed by atoms with van der Waals surface area (Å²) in [6, 6.07) is 0. The predicted octanol–water partition coefficient (Wildman–Crippen LogP) is 2.17. The molecule has 0 saturated carbocycles. The van der Waals surface area contributed by atoms with Crippen LogP contribution in [0.15, 0.2) is 0 Å². The third-order valence-electron chi connectivity index (χ3n) is 2.33. The van der Waals surface area contributed by atoms with Gasteiger partial charge in [0.25, 0.3) is 0 Å². The Kier molecular flexibility index (Phi) is 6.24. The highest BCUT2D eigenvalue weighted by Crippen LogP contribution is 2.25. The number of aromatic carboxylic acids is 1. The van der Waals surface area contributed by atoms with Crippen molar-refractivity contribution in [3.05, 3.63) is 15.6 Å². The third-order valence-corrected chi connectivity index (χ3v) is 3.45. The first-order valence-electron chi connectivity index (χ1n) is 5.85. The first kappa shape index (κ1) is 15.1. The molecule has 6 heteroatoms. The third kappa shape index (κ3) is 4.36. The topological polar surface area (TPSA) is 68.7 Å². The summed E-state index contributed by atoms with van der Waals surface area (Å²) in [7, 11) is 1.62. The van der Waals surface area contributed by atoms with Gasteiger partial charge in [-0.15, -0.1) is 11.3 Å². The quantitative estimate of drug-likeness (QED) is 0.735. The van der Waals surface area contributed by atoms with Gasteiger partial charge in [0.1, 0.15) is 4.88 Å². The monoisotopic (exact) mass is 273 g/mol. The van der Waals surface area contributed by atoms with E-state index in [1.807, 2.05) is 13.8 Å². The van der Waals surface area contributed by atoms with E-state index in [0.29, 0.717) is 36.8 Å². The number of thiazole rings is 1. The zero-order valence-corrected chi connectivity index (χ0v) is 11.7. The maximum Gasteiger partial charge on any atom is 0.347 e. The van der Waals surface area contributed by atoms with Crippen LogP contribution < -0.4 is 0 Å². The Bertz CT molecular complexity index is 389. The van der Waals surface area contributed by atoms with E-state index < -0.39 is 5.97 Å². The van der Waals surface area contributed by atoms with Crippen molar-refractivity contribution < 1.29 is 19.4 Å². The molecule has 1 rings (SSSR count). The van der Waals surface area contributed by atoms with Crippen LogP contribution in [0.25, 0.3) is 0 Å². The molecule has 0 spiro atoms. The van der Waals surface area contributed by atoms with Crippen molar-refractivity contribution in [3.8, 4) is 0 Å². The van der Waals surface area contributed by atoms with E-state index in [2.05, 4.69) is 4.98 Å². The van der Waals surface area contributed by atoms with Gasteiger partial charge in [0.2, 0.25) is 0 Å². The van der Waals surface area contributed by atoms with Gasteiger partial charge in [-0.05, 0) is 5.92 Å². The smallest absolute Gasteiger partial charge is 0.347 e. The van der Waals surface area contributed by atoms with E-state index in [9.17, 15) is 4.79 Å². The van der Waals surface area contributed by atoms with Gasteiger partial charge < -0.3 is 14.6 Å². The molecule has 1 aromatic rings. The number of hydrogen-bond acceptors (Lipinski definition) is 5. The fourth-order valence-electron chi connectivity index (χ4n) is 1.43. The average Bonchev–Trinajstić information content (AvgIpc) is 2.73. The highest BCUT2D eigenvalue weighted by molar-refractivity contribution is 7.13. The molecule has 0 fully saturated rings. The molecule has 0 aliphatic carbocycles. The standard InChI is InChI=1S/C12H19NO4S/c1-8(2)10-11(12(14)15)18-9(13-10)4-5-17-7-6-16-3/h8H,4-7H2,1-3H3,(H,14,15). The van der Waals surface area contributed by atoms with Crippen molar-refractivity contribution in [1.82, 2.24) is 4.98 Å². The highest BCUT2D eigenvalue weighted by Gasteiger charge is 2.19. The van der Waals surface area contributed by atoms with Crippen LogP contribution in [0.3, 0.4) is 0 Å².